The van der Waals surface area contributed by atoms with Crippen LogP contribution in [0.25, 0.3) is 6.08 Å². The Balaban J connectivity index is 1.64. The monoisotopic (exact) mass is 425 g/mol. The molecule has 4 nitrogen and oxygen atoms in total. The highest BCUT2D eigenvalue weighted by Crippen LogP contribution is 2.34. The molecule has 0 radical (unpaired) electrons. The van der Waals surface area contributed by atoms with E-state index in [0.29, 0.717) is 34.7 Å². The number of thiocarbonyl (C=S) groups is 1. The Morgan fingerprint density at radius 1 is 1.10 bits per heavy atom. The maximum atomic E-state index is 12.5. The number of hydrogen-bond acceptors (Lipinski definition) is 5. The second-order valence-corrected chi connectivity index (χ2v) is 8.26. The van der Waals surface area contributed by atoms with E-state index in [4.69, 9.17) is 21.7 Å². The minimum atomic E-state index is -0.104. The van der Waals surface area contributed by atoms with Crippen LogP contribution < -0.4 is 9.47 Å². The minimum Gasteiger partial charge on any atom is -0.490 e. The largest absolute Gasteiger partial charge is 0.490 e. The van der Waals surface area contributed by atoms with Gasteiger partial charge in [0.25, 0.3) is 5.91 Å². The maximum Gasteiger partial charge on any atom is 0.266 e. The highest BCUT2D eigenvalue weighted by atomic mass is 32.2. The van der Waals surface area contributed by atoms with Crippen LogP contribution in [-0.2, 0) is 4.79 Å². The van der Waals surface area contributed by atoms with Gasteiger partial charge in [-0.25, -0.2) is 0 Å². The smallest absolute Gasteiger partial charge is 0.266 e. The van der Waals surface area contributed by atoms with Crippen molar-refractivity contribution in [2.75, 3.05) is 19.8 Å². The molecule has 1 heterocycles. The standard InChI is InChI=1S/C23H23NO3S2/c1-4-11-24-22(25)21(29-23(24)28)15-18-7-5-6-8-20(18)27-13-12-26-19-10-9-16(2)14-17(19)3/h4-10,14-15H,1,11-13H2,2-3H3/b21-15-. The van der Waals surface area contributed by atoms with E-state index in [9.17, 15) is 4.79 Å². The highest BCUT2D eigenvalue weighted by Gasteiger charge is 2.31. The van der Waals surface area contributed by atoms with Crippen molar-refractivity contribution in [2.24, 2.45) is 0 Å². The van der Waals surface area contributed by atoms with Crippen LogP contribution in [0.4, 0.5) is 0 Å². The van der Waals surface area contributed by atoms with Gasteiger partial charge in [-0.1, -0.05) is 66.0 Å². The number of carbonyl (C=O) groups is 1. The fourth-order valence-electron chi connectivity index (χ4n) is 2.92. The third kappa shape index (κ3) is 5.28. The van der Waals surface area contributed by atoms with Gasteiger partial charge < -0.3 is 9.47 Å². The lowest BCUT2D eigenvalue weighted by molar-refractivity contribution is -0.121. The van der Waals surface area contributed by atoms with Crippen molar-refractivity contribution in [3.8, 4) is 11.5 Å². The summed E-state index contributed by atoms with van der Waals surface area (Å²) in [5.41, 5.74) is 3.14. The third-order valence-corrected chi connectivity index (χ3v) is 5.70. The Kier molecular flexibility index (Phi) is 7.12. The topological polar surface area (TPSA) is 38.8 Å². The van der Waals surface area contributed by atoms with Gasteiger partial charge in [-0.05, 0) is 37.6 Å². The number of aryl methyl sites for hydroxylation is 2. The number of rotatable bonds is 8. The molecule has 150 valence electrons. The van der Waals surface area contributed by atoms with Crippen LogP contribution in [0, 0.1) is 13.8 Å². The van der Waals surface area contributed by atoms with E-state index in [1.807, 2.05) is 49.4 Å². The molecule has 29 heavy (non-hydrogen) atoms. The molecule has 1 amide bonds. The fourth-order valence-corrected chi connectivity index (χ4v) is 4.19. The van der Waals surface area contributed by atoms with E-state index in [2.05, 4.69) is 19.6 Å². The molecule has 1 aliphatic rings. The molecule has 3 rings (SSSR count). The molecule has 0 saturated carbocycles. The molecule has 0 unspecified atom stereocenters. The summed E-state index contributed by atoms with van der Waals surface area (Å²) < 4.78 is 12.3. The average molecular weight is 426 g/mol. The highest BCUT2D eigenvalue weighted by molar-refractivity contribution is 8.26. The summed E-state index contributed by atoms with van der Waals surface area (Å²) in [6.07, 6.45) is 3.49. The van der Waals surface area contributed by atoms with Crippen molar-refractivity contribution in [1.29, 1.82) is 0 Å². The van der Waals surface area contributed by atoms with Crippen LogP contribution in [0.5, 0.6) is 11.5 Å². The van der Waals surface area contributed by atoms with Gasteiger partial charge in [-0.3, -0.25) is 9.69 Å². The molecule has 0 N–H and O–H groups in total. The summed E-state index contributed by atoms with van der Waals surface area (Å²) in [4.78, 5) is 14.7. The maximum absolute atomic E-state index is 12.5. The number of hydrogen-bond donors (Lipinski definition) is 0. The summed E-state index contributed by atoms with van der Waals surface area (Å²) >= 11 is 6.59. The number of carbonyl (C=O) groups excluding carboxylic acids is 1. The van der Waals surface area contributed by atoms with Crippen LogP contribution in [-0.4, -0.2) is 34.9 Å². The van der Waals surface area contributed by atoms with Crippen molar-refractivity contribution in [2.45, 2.75) is 13.8 Å². The lowest BCUT2D eigenvalue weighted by atomic mass is 10.1. The number of ether oxygens (including phenoxy) is 2. The van der Waals surface area contributed by atoms with Crippen molar-refractivity contribution in [3.63, 3.8) is 0 Å². The van der Waals surface area contributed by atoms with E-state index < -0.39 is 0 Å². The van der Waals surface area contributed by atoms with E-state index in [1.165, 1.54) is 17.3 Å². The quantitative estimate of drug-likeness (QED) is 0.253. The summed E-state index contributed by atoms with van der Waals surface area (Å²) in [6, 6.07) is 13.7. The number of thioether (sulfide) groups is 1. The van der Waals surface area contributed by atoms with Crippen molar-refractivity contribution < 1.29 is 14.3 Å². The average Bonchev–Trinajstić information content (AvgIpc) is 2.95. The van der Waals surface area contributed by atoms with E-state index in [0.717, 1.165) is 16.9 Å². The molecular formula is C23H23NO3S2. The Morgan fingerprint density at radius 2 is 1.83 bits per heavy atom. The van der Waals surface area contributed by atoms with Crippen LogP contribution in [0.1, 0.15) is 16.7 Å². The Bertz CT molecular complexity index is 968. The predicted octanol–water partition coefficient (Wildman–Crippen LogP) is 5.15. The molecular weight excluding hydrogens is 402 g/mol. The second kappa shape index (κ2) is 9.76. The lowest BCUT2D eigenvalue weighted by Crippen LogP contribution is -2.27. The Morgan fingerprint density at radius 3 is 2.55 bits per heavy atom. The second-order valence-electron chi connectivity index (χ2n) is 6.58. The number of benzene rings is 2. The molecule has 1 saturated heterocycles. The van der Waals surface area contributed by atoms with Crippen LogP contribution in [0.2, 0.25) is 0 Å². The zero-order valence-electron chi connectivity index (χ0n) is 16.5. The molecule has 1 fully saturated rings. The predicted molar refractivity (Wildman–Crippen MR) is 123 cm³/mol. The first-order valence-electron chi connectivity index (χ1n) is 9.27. The van der Waals surface area contributed by atoms with Gasteiger partial charge in [0.05, 0.1) is 4.91 Å². The Labute approximate surface area is 181 Å². The van der Waals surface area contributed by atoms with Gasteiger partial charge in [0, 0.05) is 12.1 Å². The van der Waals surface area contributed by atoms with Crippen LogP contribution in [0.3, 0.4) is 0 Å². The fraction of sp³-hybridized carbons (Fsp3) is 0.217. The normalized spacial score (nSPS) is 15.1. The lowest BCUT2D eigenvalue weighted by Gasteiger charge is -2.12. The zero-order valence-corrected chi connectivity index (χ0v) is 18.1. The van der Waals surface area contributed by atoms with Crippen molar-refractivity contribution in [1.82, 2.24) is 4.90 Å². The molecule has 6 heteroatoms. The summed E-state index contributed by atoms with van der Waals surface area (Å²) in [5.74, 6) is 1.46. The molecule has 0 aliphatic carbocycles. The van der Waals surface area contributed by atoms with Crippen LogP contribution >= 0.6 is 24.0 Å². The third-order valence-electron chi connectivity index (χ3n) is 4.32. The number of para-hydroxylation sites is 1. The first-order valence-corrected chi connectivity index (χ1v) is 10.5. The summed E-state index contributed by atoms with van der Waals surface area (Å²) in [7, 11) is 0. The molecule has 1 aliphatic heterocycles. The van der Waals surface area contributed by atoms with Crippen molar-refractivity contribution in [3.05, 3.63) is 76.7 Å². The first kappa shape index (κ1) is 21.1. The minimum absolute atomic E-state index is 0.104. The molecule has 0 atom stereocenters. The summed E-state index contributed by atoms with van der Waals surface area (Å²) in [5, 5.41) is 0. The molecule has 2 aromatic carbocycles. The van der Waals surface area contributed by atoms with E-state index in [-0.39, 0.29) is 5.91 Å². The molecule has 0 aromatic heterocycles. The first-order chi connectivity index (χ1) is 14.0. The van der Waals surface area contributed by atoms with Gasteiger partial charge in [-0.2, -0.15) is 0 Å². The van der Waals surface area contributed by atoms with Gasteiger partial charge >= 0.3 is 0 Å². The van der Waals surface area contributed by atoms with Crippen LogP contribution in [0.15, 0.2) is 60.0 Å². The number of amides is 1. The van der Waals surface area contributed by atoms with Gasteiger partial charge in [0.2, 0.25) is 0 Å². The van der Waals surface area contributed by atoms with Gasteiger partial charge in [0.1, 0.15) is 29.0 Å². The summed E-state index contributed by atoms with van der Waals surface area (Å²) in [6.45, 7) is 9.00. The van der Waals surface area contributed by atoms with Crippen molar-refractivity contribution >= 4 is 40.3 Å². The number of nitrogens with zero attached hydrogens (tertiary/aromatic N) is 1. The van der Waals surface area contributed by atoms with Gasteiger partial charge in [-0.15, -0.1) is 6.58 Å². The SMILES string of the molecule is C=CCN1C(=O)/C(=C/c2ccccc2OCCOc2ccc(C)cc2C)SC1=S. The van der Waals surface area contributed by atoms with Gasteiger partial charge in [0.15, 0.2) is 0 Å². The van der Waals surface area contributed by atoms with E-state index in [1.54, 1.807) is 11.0 Å². The molecule has 2 aromatic rings. The molecule has 0 spiro atoms. The Hall–Kier alpha value is -2.57. The zero-order chi connectivity index (χ0) is 20.8. The van der Waals surface area contributed by atoms with E-state index >= 15 is 0 Å². The molecule has 0 bridgehead atoms.